The van der Waals surface area contributed by atoms with Gasteiger partial charge in [-0.1, -0.05) is 24.3 Å². The van der Waals surface area contributed by atoms with E-state index in [0.717, 1.165) is 18.4 Å². The topological polar surface area (TPSA) is 66.1 Å². The molecule has 6 heteroatoms. The lowest BCUT2D eigenvalue weighted by Gasteiger charge is -2.24. The fourth-order valence-electron chi connectivity index (χ4n) is 3.52. The highest BCUT2D eigenvalue weighted by Crippen LogP contribution is 2.23. The SMILES string of the molecule is O=C(c1nc2ccccc2[nH]c1=O)N1CCCC1Cc1ccc(F)cc1. The highest BCUT2D eigenvalue weighted by molar-refractivity contribution is 5.94. The van der Waals surface area contributed by atoms with E-state index in [1.165, 1.54) is 12.1 Å². The number of carbonyl (C=O) groups excluding carboxylic acids is 1. The minimum atomic E-state index is -0.471. The molecule has 0 spiro atoms. The fraction of sp³-hybridized carbons (Fsp3) is 0.250. The number of likely N-dealkylation sites (tertiary alicyclic amines) is 1. The first-order valence-corrected chi connectivity index (χ1v) is 8.66. The Kier molecular flexibility index (Phi) is 4.24. The lowest BCUT2D eigenvalue weighted by Crippen LogP contribution is -2.40. The lowest BCUT2D eigenvalue weighted by molar-refractivity contribution is 0.0729. The zero-order valence-corrected chi connectivity index (χ0v) is 14.1. The number of aromatic amines is 1. The molecule has 1 aliphatic rings. The number of rotatable bonds is 3. The lowest BCUT2D eigenvalue weighted by atomic mass is 10.0. The Bertz CT molecular complexity index is 1010. The van der Waals surface area contributed by atoms with Crippen molar-refractivity contribution in [1.82, 2.24) is 14.9 Å². The number of hydrogen-bond acceptors (Lipinski definition) is 3. The van der Waals surface area contributed by atoms with Crippen molar-refractivity contribution in [3.63, 3.8) is 0 Å². The van der Waals surface area contributed by atoms with Crippen LogP contribution in [0.5, 0.6) is 0 Å². The van der Waals surface area contributed by atoms with Crippen LogP contribution >= 0.6 is 0 Å². The second-order valence-electron chi connectivity index (χ2n) is 6.56. The van der Waals surface area contributed by atoms with Gasteiger partial charge in [0.25, 0.3) is 11.5 Å². The van der Waals surface area contributed by atoms with E-state index in [2.05, 4.69) is 9.97 Å². The van der Waals surface area contributed by atoms with E-state index in [9.17, 15) is 14.0 Å². The number of amides is 1. The van der Waals surface area contributed by atoms with Gasteiger partial charge in [-0.15, -0.1) is 0 Å². The molecule has 1 atom stereocenters. The monoisotopic (exact) mass is 351 g/mol. The number of para-hydroxylation sites is 2. The Morgan fingerprint density at radius 1 is 1.19 bits per heavy atom. The molecular formula is C20H18FN3O2. The van der Waals surface area contributed by atoms with Crippen LogP contribution in [-0.2, 0) is 6.42 Å². The van der Waals surface area contributed by atoms with E-state index < -0.39 is 5.56 Å². The maximum absolute atomic E-state index is 13.1. The molecule has 2 aromatic carbocycles. The number of hydrogen-bond donors (Lipinski definition) is 1. The molecule has 1 aliphatic heterocycles. The van der Waals surface area contributed by atoms with Crippen LogP contribution in [0.3, 0.4) is 0 Å². The molecule has 5 nitrogen and oxygen atoms in total. The van der Waals surface area contributed by atoms with Crippen LogP contribution in [0, 0.1) is 5.82 Å². The third-order valence-electron chi connectivity index (χ3n) is 4.82. The Morgan fingerprint density at radius 3 is 2.77 bits per heavy atom. The summed E-state index contributed by atoms with van der Waals surface area (Å²) in [6.07, 6.45) is 2.37. The molecule has 1 amide bonds. The number of fused-ring (bicyclic) bond motifs is 1. The molecule has 0 radical (unpaired) electrons. The van der Waals surface area contributed by atoms with Gasteiger partial charge in [0.15, 0.2) is 5.69 Å². The van der Waals surface area contributed by atoms with Crippen molar-refractivity contribution in [2.75, 3.05) is 6.54 Å². The molecule has 2 heterocycles. The molecular weight excluding hydrogens is 333 g/mol. The Balaban J connectivity index is 1.61. The molecule has 1 aromatic heterocycles. The smallest absolute Gasteiger partial charge is 0.280 e. The Labute approximate surface area is 149 Å². The molecule has 1 saturated heterocycles. The van der Waals surface area contributed by atoms with Crippen molar-refractivity contribution in [3.8, 4) is 0 Å². The van der Waals surface area contributed by atoms with Crippen LogP contribution in [0.2, 0.25) is 0 Å². The van der Waals surface area contributed by atoms with Crippen LogP contribution in [0.15, 0.2) is 53.3 Å². The number of H-pyrrole nitrogens is 1. The summed E-state index contributed by atoms with van der Waals surface area (Å²) in [4.78, 5) is 34.0. The van der Waals surface area contributed by atoms with Crippen molar-refractivity contribution < 1.29 is 9.18 Å². The van der Waals surface area contributed by atoms with E-state index >= 15 is 0 Å². The highest BCUT2D eigenvalue weighted by atomic mass is 19.1. The number of nitrogens with one attached hydrogen (secondary N) is 1. The summed E-state index contributed by atoms with van der Waals surface area (Å²) >= 11 is 0. The second-order valence-corrected chi connectivity index (χ2v) is 6.56. The fourth-order valence-corrected chi connectivity index (χ4v) is 3.52. The van der Waals surface area contributed by atoms with Crippen molar-refractivity contribution in [1.29, 1.82) is 0 Å². The predicted molar refractivity (Wildman–Crippen MR) is 96.5 cm³/mol. The van der Waals surface area contributed by atoms with Crippen LogP contribution in [0.1, 0.15) is 28.9 Å². The minimum absolute atomic E-state index is 0.0133. The first kappa shape index (κ1) is 16.4. The largest absolute Gasteiger partial charge is 0.334 e. The van der Waals surface area contributed by atoms with E-state index in [1.54, 1.807) is 35.2 Å². The van der Waals surface area contributed by atoms with Gasteiger partial charge < -0.3 is 9.88 Å². The molecule has 132 valence electrons. The molecule has 1 unspecified atom stereocenters. The van der Waals surface area contributed by atoms with Crippen LogP contribution < -0.4 is 5.56 Å². The van der Waals surface area contributed by atoms with Gasteiger partial charge in [-0.25, -0.2) is 9.37 Å². The molecule has 0 aliphatic carbocycles. The third-order valence-corrected chi connectivity index (χ3v) is 4.82. The van der Waals surface area contributed by atoms with Gasteiger partial charge in [0.1, 0.15) is 5.82 Å². The number of benzene rings is 2. The van der Waals surface area contributed by atoms with Gasteiger partial charge >= 0.3 is 0 Å². The van der Waals surface area contributed by atoms with Crippen molar-refractivity contribution in [3.05, 3.63) is 76.0 Å². The summed E-state index contributed by atoms with van der Waals surface area (Å²) in [5.41, 5.74) is 1.62. The predicted octanol–water partition coefficient (Wildman–Crippen LogP) is 2.91. The van der Waals surface area contributed by atoms with Gasteiger partial charge in [-0.05, 0) is 49.1 Å². The van der Waals surface area contributed by atoms with Gasteiger partial charge in [-0.2, -0.15) is 0 Å². The van der Waals surface area contributed by atoms with E-state index in [0.29, 0.717) is 24.0 Å². The molecule has 1 N–H and O–H groups in total. The van der Waals surface area contributed by atoms with Crippen molar-refractivity contribution in [2.45, 2.75) is 25.3 Å². The highest BCUT2D eigenvalue weighted by Gasteiger charge is 2.31. The van der Waals surface area contributed by atoms with E-state index in [1.807, 2.05) is 6.07 Å². The van der Waals surface area contributed by atoms with Gasteiger partial charge in [0.05, 0.1) is 11.0 Å². The standard InChI is InChI=1S/C20H18FN3O2/c21-14-9-7-13(8-10-14)12-15-4-3-11-24(15)20(26)18-19(25)23-17-6-2-1-5-16(17)22-18/h1-2,5-10,15H,3-4,11-12H2,(H,23,25). The van der Waals surface area contributed by atoms with Crippen LogP contribution in [-0.4, -0.2) is 33.4 Å². The number of aromatic nitrogens is 2. The van der Waals surface area contributed by atoms with Gasteiger partial charge in [0.2, 0.25) is 0 Å². The molecule has 26 heavy (non-hydrogen) atoms. The zero-order chi connectivity index (χ0) is 18.1. The summed E-state index contributed by atoms with van der Waals surface area (Å²) in [7, 11) is 0. The van der Waals surface area contributed by atoms with Crippen LogP contribution in [0.4, 0.5) is 4.39 Å². The summed E-state index contributed by atoms with van der Waals surface area (Å²) in [5.74, 6) is -0.624. The molecule has 3 aromatic rings. The Morgan fingerprint density at radius 2 is 1.96 bits per heavy atom. The molecule has 4 rings (SSSR count). The second kappa shape index (κ2) is 6.71. The maximum Gasteiger partial charge on any atom is 0.280 e. The zero-order valence-electron chi connectivity index (χ0n) is 14.1. The molecule has 0 saturated carbocycles. The molecule has 0 bridgehead atoms. The quantitative estimate of drug-likeness (QED) is 0.789. The van der Waals surface area contributed by atoms with E-state index in [-0.39, 0.29) is 23.5 Å². The van der Waals surface area contributed by atoms with Gasteiger partial charge in [-0.3, -0.25) is 9.59 Å². The first-order valence-electron chi connectivity index (χ1n) is 8.66. The van der Waals surface area contributed by atoms with Gasteiger partial charge in [0, 0.05) is 12.6 Å². The summed E-state index contributed by atoms with van der Waals surface area (Å²) < 4.78 is 13.1. The molecule has 1 fully saturated rings. The third kappa shape index (κ3) is 3.10. The first-order chi connectivity index (χ1) is 12.6. The summed E-state index contributed by atoms with van der Waals surface area (Å²) in [6, 6.07) is 13.4. The minimum Gasteiger partial charge on any atom is -0.334 e. The summed E-state index contributed by atoms with van der Waals surface area (Å²) in [5, 5.41) is 0. The average molecular weight is 351 g/mol. The number of nitrogens with zero attached hydrogens (tertiary/aromatic N) is 2. The normalized spacial score (nSPS) is 17.0. The van der Waals surface area contributed by atoms with Crippen LogP contribution in [0.25, 0.3) is 11.0 Å². The summed E-state index contributed by atoms with van der Waals surface area (Å²) in [6.45, 7) is 0.596. The Hall–Kier alpha value is -3.02. The van der Waals surface area contributed by atoms with E-state index in [4.69, 9.17) is 0 Å². The van der Waals surface area contributed by atoms with Crippen molar-refractivity contribution in [2.24, 2.45) is 0 Å². The number of halogens is 1. The average Bonchev–Trinajstić information content (AvgIpc) is 3.10. The maximum atomic E-state index is 13.1. The van der Waals surface area contributed by atoms with Crippen molar-refractivity contribution >= 4 is 16.9 Å². The number of carbonyl (C=O) groups is 1.